The molecule has 2 aromatic heterocycles. The van der Waals surface area contributed by atoms with Crippen molar-refractivity contribution in [2.24, 2.45) is 18.9 Å². The smallest absolute Gasteiger partial charge is 0.260 e. The molecule has 2 atom stereocenters. The molecule has 4 rings (SSSR count). The zero-order valence-electron chi connectivity index (χ0n) is 13.2. The molecule has 2 fully saturated rings. The van der Waals surface area contributed by atoms with Gasteiger partial charge in [-0.2, -0.15) is 14.5 Å². The highest BCUT2D eigenvalue weighted by molar-refractivity contribution is 7.89. The predicted molar refractivity (Wildman–Crippen MR) is 82.0 cm³/mol. The second-order valence-corrected chi connectivity index (χ2v) is 8.39. The van der Waals surface area contributed by atoms with E-state index in [-0.39, 0.29) is 10.9 Å². The Morgan fingerprint density at radius 3 is 2.65 bits per heavy atom. The summed E-state index contributed by atoms with van der Waals surface area (Å²) in [5, 5.41) is 11.4. The number of aromatic nitrogens is 5. The van der Waals surface area contributed by atoms with Crippen molar-refractivity contribution in [2.45, 2.75) is 30.7 Å². The van der Waals surface area contributed by atoms with Crippen LogP contribution in [0.5, 0.6) is 0 Å². The maximum Gasteiger partial charge on any atom is 0.260 e. The Kier molecular flexibility index (Phi) is 3.31. The number of aryl methyl sites for hydroxylation is 2. The monoisotopic (exact) mass is 336 g/mol. The van der Waals surface area contributed by atoms with Crippen molar-refractivity contribution in [2.75, 3.05) is 13.1 Å². The Hall–Kier alpha value is -1.74. The van der Waals surface area contributed by atoms with E-state index in [2.05, 4.69) is 20.3 Å². The van der Waals surface area contributed by atoms with E-state index in [1.807, 2.05) is 6.92 Å². The van der Waals surface area contributed by atoms with E-state index in [4.69, 9.17) is 0 Å². The van der Waals surface area contributed by atoms with E-state index in [1.54, 1.807) is 17.4 Å². The van der Waals surface area contributed by atoms with Gasteiger partial charge in [0.15, 0.2) is 10.9 Å². The van der Waals surface area contributed by atoms with Gasteiger partial charge in [0, 0.05) is 26.1 Å². The molecule has 3 heterocycles. The molecule has 1 saturated heterocycles. The minimum absolute atomic E-state index is 0.0652. The average Bonchev–Trinajstić information content (AvgIpc) is 2.91. The minimum atomic E-state index is -3.53. The van der Waals surface area contributed by atoms with Crippen molar-refractivity contribution in [3.8, 4) is 0 Å². The zero-order chi connectivity index (χ0) is 16.2. The number of rotatable bonds is 4. The number of aromatic amines is 1. The van der Waals surface area contributed by atoms with E-state index >= 15 is 0 Å². The molecular weight excluding hydrogens is 316 g/mol. The van der Waals surface area contributed by atoms with E-state index in [0.717, 1.165) is 11.6 Å². The molecule has 0 bridgehead atoms. The summed E-state index contributed by atoms with van der Waals surface area (Å²) in [5.74, 6) is 2.46. The average molecular weight is 336 g/mol. The molecule has 2 aromatic rings. The summed E-state index contributed by atoms with van der Waals surface area (Å²) in [5.41, 5.74) is 0. The van der Waals surface area contributed by atoms with Crippen LogP contribution >= 0.6 is 0 Å². The molecule has 23 heavy (non-hydrogen) atoms. The fourth-order valence-corrected chi connectivity index (χ4v) is 5.14. The molecule has 9 heteroatoms. The molecule has 0 spiro atoms. The molecule has 1 N–H and O–H groups in total. The summed E-state index contributed by atoms with van der Waals surface area (Å²) in [6.07, 6.45) is 3.85. The Morgan fingerprint density at radius 1 is 1.30 bits per heavy atom. The van der Waals surface area contributed by atoms with Crippen molar-refractivity contribution in [1.29, 1.82) is 0 Å². The molecule has 0 unspecified atom stereocenters. The Bertz CT molecular complexity index is 822. The maximum atomic E-state index is 12.9. The Morgan fingerprint density at radius 2 is 2.09 bits per heavy atom. The number of H-pyrrole nitrogens is 1. The third-order valence-corrected chi connectivity index (χ3v) is 6.79. The molecule has 2 aliphatic rings. The number of sulfonamides is 1. The fourth-order valence-electron chi connectivity index (χ4n) is 3.54. The minimum Gasteiger partial charge on any atom is -0.263 e. The van der Waals surface area contributed by atoms with Crippen LogP contribution in [0.2, 0.25) is 0 Å². The van der Waals surface area contributed by atoms with Crippen LogP contribution in [0.3, 0.4) is 0 Å². The number of nitrogens with zero attached hydrogens (tertiary/aromatic N) is 5. The van der Waals surface area contributed by atoms with Gasteiger partial charge < -0.3 is 0 Å². The lowest BCUT2D eigenvalue weighted by Gasteiger charge is -2.16. The SMILES string of the molecule is Cc1nc([C@@H]2CN(S(=O)(=O)c3ccnn3C)C[C@H]2C2CC2)n[nH]1. The largest absolute Gasteiger partial charge is 0.263 e. The summed E-state index contributed by atoms with van der Waals surface area (Å²) in [6.45, 7) is 2.84. The van der Waals surface area contributed by atoms with Crippen LogP contribution in [0.4, 0.5) is 0 Å². The lowest BCUT2D eigenvalue weighted by atomic mass is 9.91. The van der Waals surface area contributed by atoms with Crippen molar-refractivity contribution in [3.05, 3.63) is 23.9 Å². The zero-order valence-corrected chi connectivity index (χ0v) is 14.0. The van der Waals surface area contributed by atoms with Gasteiger partial charge in [-0.05, 0) is 37.7 Å². The second kappa shape index (κ2) is 5.13. The van der Waals surface area contributed by atoms with Gasteiger partial charge >= 0.3 is 0 Å². The van der Waals surface area contributed by atoms with Crippen molar-refractivity contribution in [1.82, 2.24) is 29.3 Å². The Labute approximate surface area is 135 Å². The summed E-state index contributed by atoms with van der Waals surface area (Å²) >= 11 is 0. The van der Waals surface area contributed by atoms with Gasteiger partial charge in [-0.1, -0.05) is 0 Å². The van der Waals surface area contributed by atoms with Gasteiger partial charge in [-0.25, -0.2) is 13.4 Å². The molecular formula is C14H20N6O2S. The van der Waals surface area contributed by atoms with Crippen molar-refractivity contribution >= 4 is 10.0 Å². The van der Waals surface area contributed by atoms with Crippen LogP contribution in [0.15, 0.2) is 17.3 Å². The first-order valence-corrected chi connectivity index (χ1v) is 9.28. The highest BCUT2D eigenvalue weighted by atomic mass is 32.2. The number of hydrogen-bond donors (Lipinski definition) is 1. The summed E-state index contributed by atoms with van der Waals surface area (Å²) in [6, 6.07) is 1.55. The number of hydrogen-bond acceptors (Lipinski definition) is 5. The highest BCUT2D eigenvalue weighted by Crippen LogP contribution is 2.47. The molecule has 0 aromatic carbocycles. The Balaban J connectivity index is 1.66. The fraction of sp³-hybridized carbons (Fsp3) is 0.643. The van der Waals surface area contributed by atoms with E-state index in [9.17, 15) is 8.42 Å². The third kappa shape index (κ3) is 2.47. The third-order valence-electron chi connectivity index (χ3n) is 4.89. The van der Waals surface area contributed by atoms with E-state index in [0.29, 0.717) is 24.9 Å². The van der Waals surface area contributed by atoms with Gasteiger partial charge in [0.25, 0.3) is 10.0 Å². The first kappa shape index (κ1) is 14.8. The van der Waals surface area contributed by atoms with Gasteiger partial charge in [0.2, 0.25) is 0 Å². The molecule has 124 valence electrons. The topological polar surface area (TPSA) is 96.8 Å². The van der Waals surface area contributed by atoms with Crippen molar-refractivity contribution < 1.29 is 8.42 Å². The van der Waals surface area contributed by atoms with Crippen LogP contribution in [-0.4, -0.2) is 50.8 Å². The van der Waals surface area contributed by atoms with Crippen LogP contribution in [0, 0.1) is 18.8 Å². The standard InChI is InChI=1S/C14H20N6O2S/c1-9-16-14(18-17-9)12-8-20(7-11(12)10-3-4-10)23(21,22)13-5-6-15-19(13)2/h5-6,10-12H,3-4,7-8H2,1-2H3,(H,16,17,18)/t11-,12+/m0/s1. The normalized spacial score (nSPS) is 26.0. The lowest BCUT2D eigenvalue weighted by Crippen LogP contribution is -2.30. The maximum absolute atomic E-state index is 12.9. The molecule has 8 nitrogen and oxygen atoms in total. The molecule has 0 amide bonds. The summed E-state index contributed by atoms with van der Waals surface area (Å²) in [4.78, 5) is 4.44. The van der Waals surface area contributed by atoms with E-state index < -0.39 is 10.0 Å². The first-order chi connectivity index (χ1) is 11.0. The summed E-state index contributed by atoms with van der Waals surface area (Å²) in [7, 11) is -1.88. The quantitative estimate of drug-likeness (QED) is 0.885. The van der Waals surface area contributed by atoms with Crippen LogP contribution in [0.1, 0.15) is 30.4 Å². The molecule has 1 aliphatic carbocycles. The molecule has 0 radical (unpaired) electrons. The molecule has 1 aliphatic heterocycles. The molecule has 1 saturated carbocycles. The first-order valence-electron chi connectivity index (χ1n) is 7.84. The summed E-state index contributed by atoms with van der Waals surface area (Å²) < 4.78 is 28.8. The second-order valence-electron chi connectivity index (χ2n) is 6.50. The van der Waals surface area contributed by atoms with E-state index in [1.165, 1.54) is 23.7 Å². The highest BCUT2D eigenvalue weighted by Gasteiger charge is 2.48. The predicted octanol–water partition coefficient (Wildman–Crippen LogP) is 0.661. The van der Waals surface area contributed by atoms with Crippen LogP contribution in [-0.2, 0) is 17.1 Å². The van der Waals surface area contributed by atoms with Gasteiger partial charge in [0.1, 0.15) is 5.82 Å². The van der Waals surface area contributed by atoms with Crippen molar-refractivity contribution in [3.63, 3.8) is 0 Å². The van der Waals surface area contributed by atoms with Gasteiger partial charge in [-0.15, -0.1) is 0 Å². The number of nitrogens with one attached hydrogen (secondary N) is 1. The van der Waals surface area contributed by atoms with Crippen LogP contribution in [0.25, 0.3) is 0 Å². The lowest BCUT2D eigenvalue weighted by molar-refractivity contribution is 0.421. The van der Waals surface area contributed by atoms with Crippen LogP contribution < -0.4 is 0 Å². The van der Waals surface area contributed by atoms with Gasteiger partial charge in [-0.3, -0.25) is 9.78 Å². The van der Waals surface area contributed by atoms with Gasteiger partial charge in [0.05, 0.1) is 6.20 Å².